The molecule has 0 radical (unpaired) electrons. The number of hydrogen-bond acceptors (Lipinski definition) is 6. The van der Waals surface area contributed by atoms with E-state index in [-0.39, 0.29) is 23.5 Å². The number of benzene rings is 2. The number of hydrogen-bond donors (Lipinski definition) is 3. The van der Waals surface area contributed by atoms with Crippen LogP contribution in [0.5, 0.6) is 11.5 Å². The molecule has 11 heteroatoms. The maximum atomic E-state index is 12.3. The number of phenols is 1. The third kappa shape index (κ3) is 3.76. The summed E-state index contributed by atoms with van der Waals surface area (Å²) < 4.78 is 23.9. The van der Waals surface area contributed by atoms with Crippen molar-refractivity contribution in [2.75, 3.05) is 11.8 Å². The van der Waals surface area contributed by atoms with Gasteiger partial charge in [-0.15, -0.1) is 10.2 Å². The molecule has 1 atom stereocenters. The molecular formula is C21H25N7O3S. The highest BCUT2D eigenvalue weighted by molar-refractivity contribution is 7.99. The summed E-state index contributed by atoms with van der Waals surface area (Å²) in [5.41, 5.74) is 3.70. The third-order valence-corrected chi connectivity index (χ3v) is 5.60. The topological polar surface area (TPSA) is 133 Å². The van der Waals surface area contributed by atoms with Crippen LogP contribution in [0.1, 0.15) is 25.5 Å². The molecule has 0 aliphatic carbocycles. The zero-order valence-electron chi connectivity index (χ0n) is 18.2. The first-order valence-electron chi connectivity index (χ1n) is 9.82. The number of ether oxygens (including phenoxy) is 1. The lowest BCUT2D eigenvalue weighted by Crippen LogP contribution is -2.23. The monoisotopic (exact) mass is 455 g/mol. The lowest BCUT2D eigenvalue weighted by molar-refractivity contribution is 0.373. The Kier molecular flexibility index (Phi) is 5.31. The Labute approximate surface area is 185 Å². The van der Waals surface area contributed by atoms with Crippen LogP contribution < -0.4 is 14.6 Å². The van der Waals surface area contributed by atoms with E-state index in [4.69, 9.17) is 9.88 Å². The number of aryl methyl sites for hydroxylation is 1. The lowest BCUT2D eigenvalue weighted by atomic mass is 10.1. The Morgan fingerprint density at radius 1 is 1.28 bits per heavy atom. The molecule has 0 aliphatic rings. The molecule has 0 fully saturated rings. The number of aromatic hydroxyl groups is 1. The minimum absolute atomic E-state index is 0.0127. The number of imidazole rings is 1. The van der Waals surface area contributed by atoms with Crippen molar-refractivity contribution >= 4 is 32.7 Å². The van der Waals surface area contributed by atoms with Crippen LogP contribution in [0.25, 0.3) is 28.1 Å². The van der Waals surface area contributed by atoms with Crippen LogP contribution >= 0.6 is 0 Å². The van der Waals surface area contributed by atoms with Gasteiger partial charge in [0, 0.05) is 11.6 Å². The second kappa shape index (κ2) is 7.84. The first-order chi connectivity index (χ1) is 15.1. The van der Waals surface area contributed by atoms with Crippen molar-refractivity contribution in [3.63, 3.8) is 0 Å². The standard InChI is InChI=1S/C21H25N7O3S/c1-12(2)27-11-23-19-15(27)7-6-8-16(19)28-20(24-25-21(28)26-32(5,22)30)14-10-18(31-4)17(29)9-13(14)3/h6-12,29H,5H2,1-4H3,(H3,22,25,26,30). The predicted molar refractivity (Wildman–Crippen MR) is 126 cm³/mol. The van der Waals surface area contributed by atoms with Crippen LogP contribution in [-0.4, -0.2) is 46.6 Å². The van der Waals surface area contributed by atoms with E-state index in [1.165, 1.54) is 7.11 Å². The number of nitrogens with two attached hydrogens (primary N) is 1. The van der Waals surface area contributed by atoms with Crippen LogP contribution in [0.3, 0.4) is 0 Å². The zero-order valence-corrected chi connectivity index (χ0v) is 19.1. The SMILES string of the molecule is C=S(N)(=O)Nc1nnc(-c2cc(OC)c(O)cc2C)n1-c1cccc2c1ncn2C(C)C. The Bertz CT molecular complexity index is 1420. The summed E-state index contributed by atoms with van der Waals surface area (Å²) in [6.07, 6.45) is 1.78. The number of para-hydroxylation sites is 1. The molecule has 32 heavy (non-hydrogen) atoms. The molecule has 2 aromatic carbocycles. The fraction of sp³-hybridized carbons (Fsp3) is 0.238. The number of nitrogens with one attached hydrogen (secondary N) is 1. The van der Waals surface area contributed by atoms with Crippen molar-refractivity contribution in [2.24, 2.45) is 5.14 Å². The fourth-order valence-corrected chi connectivity index (χ4v) is 4.06. The molecule has 0 spiro atoms. The van der Waals surface area contributed by atoms with Gasteiger partial charge in [-0.3, -0.25) is 9.29 Å². The van der Waals surface area contributed by atoms with Crippen LogP contribution in [-0.2, 0) is 9.89 Å². The molecule has 0 aliphatic heterocycles. The largest absolute Gasteiger partial charge is 0.504 e. The molecule has 0 amide bonds. The summed E-state index contributed by atoms with van der Waals surface area (Å²) in [6.45, 7) is 5.98. The van der Waals surface area contributed by atoms with E-state index in [0.29, 0.717) is 22.6 Å². The van der Waals surface area contributed by atoms with Gasteiger partial charge in [-0.25, -0.2) is 14.3 Å². The van der Waals surface area contributed by atoms with Crippen molar-refractivity contribution in [2.45, 2.75) is 26.8 Å². The van der Waals surface area contributed by atoms with Gasteiger partial charge in [-0.1, -0.05) is 6.07 Å². The van der Waals surface area contributed by atoms with E-state index >= 15 is 0 Å². The summed E-state index contributed by atoms with van der Waals surface area (Å²) in [5, 5.41) is 24.3. The van der Waals surface area contributed by atoms with Crippen molar-refractivity contribution in [1.82, 2.24) is 24.3 Å². The van der Waals surface area contributed by atoms with Gasteiger partial charge in [-0.2, -0.15) is 0 Å². The number of fused-ring (bicyclic) bond motifs is 1. The molecular weight excluding hydrogens is 430 g/mol. The van der Waals surface area contributed by atoms with Crippen molar-refractivity contribution in [1.29, 1.82) is 0 Å². The number of aromatic nitrogens is 5. The molecule has 2 heterocycles. The summed E-state index contributed by atoms with van der Waals surface area (Å²) in [5.74, 6) is 4.35. The van der Waals surface area contributed by atoms with Gasteiger partial charge in [-0.05, 0) is 56.5 Å². The zero-order chi connectivity index (χ0) is 23.2. The van der Waals surface area contributed by atoms with E-state index < -0.39 is 9.89 Å². The second-order valence-corrected chi connectivity index (χ2v) is 9.40. The first-order valence-corrected chi connectivity index (χ1v) is 11.6. The molecule has 168 valence electrons. The van der Waals surface area contributed by atoms with Gasteiger partial charge in [0.1, 0.15) is 15.4 Å². The second-order valence-electron chi connectivity index (χ2n) is 7.74. The molecule has 0 bridgehead atoms. The number of phenolic OH excluding ortho intramolecular Hbond substituents is 1. The highest BCUT2D eigenvalue weighted by Crippen LogP contribution is 2.37. The number of rotatable bonds is 6. The normalized spacial score (nSPS) is 13.4. The Hall–Kier alpha value is -3.57. The Balaban J connectivity index is 2.04. The van der Waals surface area contributed by atoms with Crippen LogP contribution in [0.15, 0.2) is 36.7 Å². The summed E-state index contributed by atoms with van der Waals surface area (Å²) >= 11 is 0. The van der Waals surface area contributed by atoms with Gasteiger partial charge in [0.05, 0.1) is 24.6 Å². The minimum Gasteiger partial charge on any atom is -0.504 e. The van der Waals surface area contributed by atoms with Crippen LogP contribution in [0.2, 0.25) is 0 Å². The molecule has 10 nitrogen and oxygen atoms in total. The molecule has 4 aromatic rings. The molecule has 0 saturated carbocycles. The van der Waals surface area contributed by atoms with Gasteiger partial charge < -0.3 is 14.4 Å². The third-order valence-electron chi connectivity index (χ3n) is 5.07. The predicted octanol–water partition coefficient (Wildman–Crippen LogP) is 2.80. The molecule has 4 rings (SSSR count). The molecule has 0 saturated heterocycles. The van der Waals surface area contributed by atoms with Crippen molar-refractivity contribution in [3.05, 3.63) is 42.2 Å². The van der Waals surface area contributed by atoms with Gasteiger partial charge in [0.15, 0.2) is 17.3 Å². The van der Waals surface area contributed by atoms with Crippen LogP contribution in [0, 0.1) is 6.92 Å². The summed E-state index contributed by atoms with van der Waals surface area (Å²) in [4.78, 5) is 4.61. The first kappa shape index (κ1) is 21.7. The number of anilines is 1. The quantitative estimate of drug-likeness (QED) is 0.383. The van der Waals surface area contributed by atoms with Crippen molar-refractivity contribution in [3.8, 4) is 28.6 Å². The fourth-order valence-electron chi connectivity index (χ4n) is 3.62. The average Bonchev–Trinajstić information content (AvgIpc) is 3.31. The highest BCUT2D eigenvalue weighted by atomic mass is 32.2. The highest BCUT2D eigenvalue weighted by Gasteiger charge is 2.22. The van der Waals surface area contributed by atoms with Crippen molar-refractivity contribution < 1.29 is 14.1 Å². The number of nitrogens with zero attached hydrogens (tertiary/aromatic N) is 5. The van der Waals surface area contributed by atoms with E-state index in [2.05, 4.69) is 44.2 Å². The van der Waals surface area contributed by atoms with Gasteiger partial charge in [0.25, 0.3) is 0 Å². The van der Waals surface area contributed by atoms with Gasteiger partial charge in [0.2, 0.25) is 5.95 Å². The van der Waals surface area contributed by atoms with E-state index in [0.717, 1.165) is 11.1 Å². The molecule has 1 unspecified atom stereocenters. The Morgan fingerprint density at radius 2 is 2.03 bits per heavy atom. The lowest BCUT2D eigenvalue weighted by Gasteiger charge is -2.15. The summed E-state index contributed by atoms with van der Waals surface area (Å²) in [7, 11) is -1.66. The molecule has 2 aromatic heterocycles. The van der Waals surface area contributed by atoms with E-state index in [9.17, 15) is 9.32 Å². The minimum atomic E-state index is -3.13. The maximum Gasteiger partial charge on any atom is 0.241 e. The average molecular weight is 456 g/mol. The van der Waals surface area contributed by atoms with E-state index in [1.807, 2.05) is 25.1 Å². The van der Waals surface area contributed by atoms with Crippen LogP contribution in [0.4, 0.5) is 5.95 Å². The van der Waals surface area contributed by atoms with E-state index in [1.54, 1.807) is 23.0 Å². The van der Waals surface area contributed by atoms with Gasteiger partial charge >= 0.3 is 0 Å². The number of methoxy groups -OCH3 is 1. The summed E-state index contributed by atoms with van der Waals surface area (Å²) in [6, 6.07) is 9.21. The molecule has 4 N–H and O–H groups in total. The smallest absolute Gasteiger partial charge is 0.241 e. The Morgan fingerprint density at radius 3 is 2.69 bits per heavy atom. The maximum absolute atomic E-state index is 12.3.